The highest BCUT2D eigenvalue weighted by molar-refractivity contribution is 4.90. The Morgan fingerprint density at radius 3 is 2.60 bits per heavy atom. The number of hydrogen-bond donors (Lipinski definition) is 2. The van der Waals surface area contributed by atoms with E-state index in [1.54, 1.807) is 0 Å². The Labute approximate surface area is 87.2 Å². The van der Waals surface area contributed by atoms with Crippen molar-refractivity contribution in [2.45, 2.75) is 31.0 Å². The van der Waals surface area contributed by atoms with Crippen molar-refractivity contribution in [3.8, 4) is 0 Å². The van der Waals surface area contributed by atoms with Gasteiger partial charge in [-0.2, -0.15) is 13.2 Å². The summed E-state index contributed by atoms with van der Waals surface area (Å²) in [6.07, 6.45) is -2.25. The number of halogens is 3. The van der Waals surface area contributed by atoms with Crippen LogP contribution in [-0.2, 0) is 4.74 Å². The van der Waals surface area contributed by atoms with E-state index in [0.717, 1.165) is 6.42 Å². The van der Waals surface area contributed by atoms with Crippen molar-refractivity contribution in [3.63, 3.8) is 0 Å². The molecule has 1 fully saturated rings. The minimum absolute atomic E-state index is 0.215. The van der Waals surface area contributed by atoms with E-state index >= 15 is 0 Å². The average Bonchev–Trinajstić information content (AvgIpc) is 2.40. The Hall–Kier alpha value is -0.330. The zero-order valence-corrected chi connectivity index (χ0v) is 8.57. The van der Waals surface area contributed by atoms with Gasteiger partial charge in [0.15, 0.2) is 0 Å². The Morgan fingerprint density at radius 1 is 1.27 bits per heavy atom. The molecule has 1 aliphatic heterocycles. The van der Waals surface area contributed by atoms with E-state index in [9.17, 15) is 13.2 Å². The molecule has 1 atom stereocenters. The number of hydrogen-bond acceptors (Lipinski definition) is 3. The van der Waals surface area contributed by atoms with Gasteiger partial charge in [0.25, 0.3) is 0 Å². The molecule has 1 heterocycles. The van der Waals surface area contributed by atoms with Crippen LogP contribution >= 0.6 is 0 Å². The lowest BCUT2D eigenvalue weighted by Crippen LogP contribution is -2.54. The van der Waals surface area contributed by atoms with Crippen molar-refractivity contribution in [3.05, 3.63) is 0 Å². The molecule has 0 aromatic heterocycles. The fourth-order valence-electron chi connectivity index (χ4n) is 1.75. The van der Waals surface area contributed by atoms with Crippen LogP contribution in [0.5, 0.6) is 0 Å². The van der Waals surface area contributed by atoms with E-state index in [1.165, 1.54) is 0 Å². The zero-order chi connectivity index (χ0) is 11.4. The minimum Gasteiger partial charge on any atom is -0.381 e. The highest BCUT2D eigenvalue weighted by Crippen LogP contribution is 2.22. The first-order chi connectivity index (χ1) is 6.97. The first-order valence-electron chi connectivity index (χ1n) is 5.07. The molecule has 0 aromatic carbocycles. The molecule has 3 N–H and O–H groups in total. The molecular formula is C9H17F3N2O. The Balaban J connectivity index is 2.50. The maximum Gasteiger partial charge on any atom is 0.401 e. The molecule has 0 spiro atoms. The molecular weight excluding hydrogens is 209 g/mol. The second-order valence-corrected chi connectivity index (χ2v) is 3.92. The monoisotopic (exact) mass is 226 g/mol. The van der Waals surface area contributed by atoms with Crippen molar-refractivity contribution >= 4 is 0 Å². The Bertz CT molecular complexity index is 188. The molecule has 90 valence electrons. The summed E-state index contributed by atoms with van der Waals surface area (Å²) in [4.78, 5) is 0. The van der Waals surface area contributed by atoms with Gasteiger partial charge in [0, 0.05) is 25.3 Å². The van der Waals surface area contributed by atoms with Crippen LogP contribution in [0.25, 0.3) is 0 Å². The summed E-state index contributed by atoms with van der Waals surface area (Å²) in [6.45, 7) is 0.314. The van der Waals surface area contributed by atoms with Crippen molar-refractivity contribution < 1.29 is 17.9 Å². The lowest BCUT2D eigenvalue weighted by atomic mass is 9.90. The fourth-order valence-corrected chi connectivity index (χ4v) is 1.75. The van der Waals surface area contributed by atoms with Gasteiger partial charge in [0.05, 0.1) is 6.54 Å². The summed E-state index contributed by atoms with van der Waals surface area (Å²) in [5.41, 5.74) is 4.95. The molecule has 0 radical (unpaired) electrons. The SMILES string of the molecule is NCC1(NCC(F)(F)F)CCCOCC1. The van der Waals surface area contributed by atoms with E-state index in [0.29, 0.717) is 26.1 Å². The number of ether oxygens (including phenoxy) is 1. The van der Waals surface area contributed by atoms with Gasteiger partial charge in [-0.1, -0.05) is 0 Å². The number of nitrogens with two attached hydrogens (primary N) is 1. The topological polar surface area (TPSA) is 47.3 Å². The number of rotatable bonds is 3. The number of alkyl halides is 3. The smallest absolute Gasteiger partial charge is 0.381 e. The molecule has 1 rings (SSSR count). The van der Waals surface area contributed by atoms with Gasteiger partial charge in [-0.15, -0.1) is 0 Å². The van der Waals surface area contributed by atoms with E-state index in [4.69, 9.17) is 10.5 Å². The lowest BCUT2D eigenvalue weighted by Gasteiger charge is -2.32. The van der Waals surface area contributed by atoms with E-state index < -0.39 is 18.3 Å². The summed E-state index contributed by atoms with van der Waals surface area (Å²) in [7, 11) is 0. The van der Waals surface area contributed by atoms with Crippen LogP contribution in [0.3, 0.4) is 0 Å². The minimum atomic E-state index is -4.19. The van der Waals surface area contributed by atoms with Gasteiger partial charge in [0.2, 0.25) is 0 Å². The molecule has 0 aliphatic carbocycles. The highest BCUT2D eigenvalue weighted by Gasteiger charge is 2.35. The van der Waals surface area contributed by atoms with Crippen LogP contribution in [0.2, 0.25) is 0 Å². The molecule has 1 saturated heterocycles. The molecule has 3 nitrogen and oxygen atoms in total. The molecule has 0 bridgehead atoms. The zero-order valence-electron chi connectivity index (χ0n) is 8.57. The maximum absolute atomic E-state index is 12.1. The van der Waals surface area contributed by atoms with Crippen LogP contribution in [0.15, 0.2) is 0 Å². The van der Waals surface area contributed by atoms with Crippen molar-refractivity contribution in [2.24, 2.45) is 5.73 Å². The first kappa shape index (κ1) is 12.7. The largest absolute Gasteiger partial charge is 0.401 e. The first-order valence-corrected chi connectivity index (χ1v) is 5.07. The predicted molar refractivity (Wildman–Crippen MR) is 50.5 cm³/mol. The van der Waals surface area contributed by atoms with Gasteiger partial charge in [-0.3, -0.25) is 0 Å². The Kier molecular flexibility index (Phi) is 4.36. The standard InChI is InChI=1S/C9H17F3N2O/c10-9(11,12)7-14-8(6-13)2-1-4-15-5-3-8/h14H,1-7,13H2. The van der Waals surface area contributed by atoms with Gasteiger partial charge in [-0.25, -0.2) is 0 Å². The molecule has 1 unspecified atom stereocenters. The average molecular weight is 226 g/mol. The highest BCUT2D eigenvalue weighted by atomic mass is 19.4. The van der Waals surface area contributed by atoms with E-state index in [-0.39, 0.29) is 6.54 Å². The van der Waals surface area contributed by atoms with Crippen LogP contribution < -0.4 is 11.1 Å². The molecule has 0 amide bonds. The molecule has 6 heteroatoms. The lowest BCUT2D eigenvalue weighted by molar-refractivity contribution is -0.129. The molecule has 1 aliphatic rings. The maximum atomic E-state index is 12.1. The Morgan fingerprint density at radius 2 is 2.00 bits per heavy atom. The van der Waals surface area contributed by atoms with Crippen LogP contribution in [0.1, 0.15) is 19.3 Å². The third-order valence-corrected chi connectivity index (χ3v) is 2.72. The third kappa shape index (κ3) is 4.36. The fraction of sp³-hybridized carbons (Fsp3) is 1.00. The van der Waals surface area contributed by atoms with Gasteiger partial charge in [-0.05, 0) is 19.3 Å². The summed E-state index contributed by atoms with van der Waals surface area (Å²) in [5, 5.41) is 2.53. The van der Waals surface area contributed by atoms with Gasteiger partial charge >= 0.3 is 6.18 Å². The van der Waals surface area contributed by atoms with Crippen molar-refractivity contribution in [1.29, 1.82) is 0 Å². The van der Waals surface area contributed by atoms with E-state index in [2.05, 4.69) is 5.32 Å². The summed E-state index contributed by atoms with van der Waals surface area (Å²) in [5.74, 6) is 0. The normalized spacial score (nSPS) is 28.8. The van der Waals surface area contributed by atoms with Crippen LogP contribution in [0.4, 0.5) is 13.2 Å². The van der Waals surface area contributed by atoms with Crippen molar-refractivity contribution in [2.75, 3.05) is 26.3 Å². The summed E-state index contributed by atoms with van der Waals surface area (Å²) < 4.78 is 41.5. The molecule has 0 saturated carbocycles. The van der Waals surface area contributed by atoms with Crippen molar-refractivity contribution in [1.82, 2.24) is 5.32 Å². The second kappa shape index (κ2) is 5.14. The quantitative estimate of drug-likeness (QED) is 0.755. The van der Waals surface area contributed by atoms with Gasteiger partial charge in [0.1, 0.15) is 0 Å². The second-order valence-electron chi connectivity index (χ2n) is 3.92. The molecule has 0 aromatic rings. The summed E-state index contributed by atoms with van der Waals surface area (Å²) >= 11 is 0. The van der Waals surface area contributed by atoms with E-state index in [1.807, 2.05) is 0 Å². The summed E-state index contributed by atoms with van der Waals surface area (Å²) in [6, 6.07) is 0. The third-order valence-electron chi connectivity index (χ3n) is 2.72. The predicted octanol–water partition coefficient (Wildman–Crippen LogP) is 1.04. The van der Waals surface area contributed by atoms with Crippen LogP contribution in [0, 0.1) is 0 Å². The number of nitrogens with one attached hydrogen (secondary N) is 1. The molecule has 15 heavy (non-hydrogen) atoms. The van der Waals surface area contributed by atoms with Crippen LogP contribution in [-0.4, -0.2) is 38.0 Å². The van der Waals surface area contributed by atoms with Gasteiger partial charge < -0.3 is 15.8 Å².